The van der Waals surface area contributed by atoms with E-state index in [4.69, 9.17) is 16.0 Å². The van der Waals surface area contributed by atoms with Gasteiger partial charge < -0.3 is 9.73 Å². The smallest absolute Gasteiger partial charge is 0.257 e. The fraction of sp³-hybridized carbons (Fsp3) is 0. The lowest BCUT2D eigenvalue weighted by Gasteiger charge is -2.09. The van der Waals surface area contributed by atoms with E-state index in [0.29, 0.717) is 33.4 Å². The van der Waals surface area contributed by atoms with E-state index >= 15 is 0 Å². The first kappa shape index (κ1) is 16.2. The van der Waals surface area contributed by atoms with Gasteiger partial charge in [0.05, 0.1) is 22.5 Å². The van der Waals surface area contributed by atoms with Crippen LogP contribution in [-0.2, 0) is 0 Å². The second-order valence-electron chi connectivity index (χ2n) is 5.60. The maximum Gasteiger partial charge on any atom is 0.257 e. The van der Waals surface area contributed by atoms with Gasteiger partial charge >= 0.3 is 0 Å². The molecular weight excluding hydrogens is 350 g/mol. The summed E-state index contributed by atoms with van der Waals surface area (Å²) in [5.74, 6) is 0.260. The zero-order valence-corrected chi connectivity index (χ0v) is 14.3. The van der Waals surface area contributed by atoms with Gasteiger partial charge in [0.15, 0.2) is 5.76 Å². The molecule has 2 aromatic carbocycles. The Morgan fingerprint density at radius 3 is 2.50 bits per heavy atom. The summed E-state index contributed by atoms with van der Waals surface area (Å²) < 4.78 is 5.47. The monoisotopic (exact) mass is 363 g/mol. The van der Waals surface area contributed by atoms with E-state index in [1.807, 2.05) is 30.3 Å². The number of carbonyl (C=O) groups excluding carboxylic acids is 1. The summed E-state index contributed by atoms with van der Waals surface area (Å²) in [4.78, 5) is 12.8. The van der Waals surface area contributed by atoms with Gasteiger partial charge in [0.25, 0.3) is 5.91 Å². The summed E-state index contributed by atoms with van der Waals surface area (Å²) in [6.45, 7) is 0. The first-order chi connectivity index (χ1) is 12.7. The molecule has 0 fully saturated rings. The minimum atomic E-state index is -0.318. The molecule has 0 bridgehead atoms. The van der Waals surface area contributed by atoms with Crippen LogP contribution in [-0.4, -0.2) is 16.1 Å². The van der Waals surface area contributed by atoms with Crippen LogP contribution in [0.25, 0.3) is 22.7 Å². The molecule has 0 aliphatic rings. The molecule has 2 aromatic heterocycles. The third-order valence-electron chi connectivity index (χ3n) is 3.94. The van der Waals surface area contributed by atoms with Crippen LogP contribution in [0.5, 0.6) is 0 Å². The molecule has 6 heteroatoms. The molecule has 4 aromatic rings. The van der Waals surface area contributed by atoms with E-state index < -0.39 is 0 Å². The third kappa shape index (κ3) is 3.00. The molecule has 0 aliphatic carbocycles. The van der Waals surface area contributed by atoms with Crippen molar-refractivity contribution in [2.24, 2.45) is 0 Å². The molecule has 0 saturated heterocycles. The van der Waals surface area contributed by atoms with E-state index in [9.17, 15) is 4.79 Å². The molecule has 0 spiro atoms. The SMILES string of the molecule is O=C(Nc1c(-c2ccccc2)n[nH]c1-c1ccco1)c1ccccc1Cl. The van der Waals surface area contributed by atoms with Gasteiger partial charge in [0, 0.05) is 5.56 Å². The van der Waals surface area contributed by atoms with Crippen LogP contribution in [0, 0.1) is 0 Å². The van der Waals surface area contributed by atoms with E-state index in [1.54, 1.807) is 42.7 Å². The topological polar surface area (TPSA) is 70.9 Å². The number of aromatic amines is 1. The number of carbonyl (C=O) groups is 1. The van der Waals surface area contributed by atoms with E-state index in [1.165, 1.54) is 0 Å². The van der Waals surface area contributed by atoms with Gasteiger partial charge in [-0.3, -0.25) is 9.89 Å². The van der Waals surface area contributed by atoms with Crippen LogP contribution in [0.15, 0.2) is 77.4 Å². The largest absolute Gasteiger partial charge is 0.463 e. The number of halogens is 1. The molecule has 5 nitrogen and oxygen atoms in total. The van der Waals surface area contributed by atoms with Gasteiger partial charge in [0.1, 0.15) is 11.4 Å². The second-order valence-corrected chi connectivity index (χ2v) is 6.01. The van der Waals surface area contributed by atoms with Crippen molar-refractivity contribution in [3.63, 3.8) is 0 Å². The molecule has 0 aliphatic heterocycles. The minimum Gasteiger partial charge on any atom is -0.463 e. The van der Waals surface area contributed by atoms with Gasteiger partial charge in [0.2, 0.25) is 0 Å². The second kappa shape index (κ2) is 6.90. The van der Waals surface area contributed by atoms with Gasteiger partial charge in [-0.05, 0) is 24.3 Å². The Morgan fingerprint density at radius 1 is 1.00 bits per heavy atom. The lowest BCUT2D eigenvalue weighted by Crippen LogP contribution is -2.13. The van der Waals surface area contributed by atoms with Gasteiger partial charge in [-0.1, -0.05) is 54.1 Å². The van der Waals surface area contributed by atoms with E-state index in [0.717, 1.165) is 5.56 Å². The van der Waals surface area contributed by atoms with Crippen molar-refractivity contribution in [2.45, 2.75) is 0 Å². The van der Waals surface area contributed by atoms with Crippen molar-refractivity contribution in [1.29, 1.82) is 0 Å². The summed E-state index contributed by atoms with van der Waals surface area (Å²) in [6.07, 6.45) is 1.57. The lowest BCUT2D eigenvalue weighted by atomic mass is 10.1. The zero-order chi connectivity index (χ0) is 17.9. The summed E-state index contributed by atoms with van der Waals surface area (Å²) in [6, 6.07) is 20.1. The summed E-state index contributed by atoms with van der Waals surface area (Å²) >= 11 is 6.15. The van der Waals surface area contributed by atoms with E-state index in [-0.39, 0.29) is 5.91 Å². The van der Waals surface area contributed by atoms with Gasteiger partial charge in [-0.15, -0.1) is 0 Å². The normalized spacial score (nSPS) is 10.7. The molecule has 1 amide bonds. The fourth-order valence-corrected chi connectivity index (χ4v) is 2.92. The highest BCUT2D eigenvalue weighted by atomic mass is 35.5. The highest BCUT2D eigenvalue weighted by molar-refractivity contribution is 6.34. The van der Waals surface area contributed by atoms with Crippen molar-refractivity contribution in [3.05, 3.63) is 83.6 Å². The number of anilines is 1. The number of H-pyrrole nitrogens is 1. The predicted molar refractivity (Wildman–Crippen MR) is 101 cm³/mol. The van der Waals surface area contributed by atoms with Gasteiger partial charge in [-0.25, -0.2) is 0 Å². The first-order valence-electron chi connectivity index (χ1n) is 7.97. The zero-order valence-electron chi connectivity index (χ0n) is 13.6. The number of rotatable bonds is 4. The number of benzene rings is 2. The third-order valence-corrected chi connectivity index (χ3v) is 4.27. The number of hydrogen-bond donors (Lipinski definition) is 2. The Kier molecular flexibility index (Phi) is 4.29. The standard InChI is InChI=1S/C20H14ClN3O2/c21-15-10-5-4-9-14(15)20(25)22-19-17(13-7-2-1-3-8-13)23-24-18(19)16-11-6-12-26-16/h1-12H,(H,22,25)(H,23,24). The van der Waals surface area contributed by atoms with Crippen LogP contribution in [0.1, 0.15) is 10.4 Å². The molecule has 26 heavy (non-hydrogen) atoms. The van der Waals surface area contributed by atoms with Crippen molar-refractivity contribution in [3.8, 4) is 22.7 Å². The number of hydrogen-bond acceptors (Lipinski definition) is 3. The number of amides is 1. The predicted octanol–water partition coefficient (Wildman–Crippen LogP) is 5.24. The van der Waals surface area contributed by atoms with Crippen molar-refractivity contribution < 1.29 is 9.21 Å². The number of furan rings is 1. The van der Waals surface area contributed by atoms with Gasteiger partial charge in [-0.2, -0.15) is 5.10 Å². The highest BCUT2D eigenvalue weighted by Gasteiger charge is 2.21. The van der Waals surface area contributed by atoms with Crippen LogP contribution in [0.2, 0.25) is 5.02 Å². The summed E-state index contributed by atoms with van der Waals surface area (Å²) in [5, 5.41) is 10.6. The molecule has 2 heterocycles. The Balaban J connectivity index is 1.79. The van der Waals surface area contributed by atoms with Crippen molar-refractivity contribution in [1.82, 2.24) is 10.2 Å². The van der Waals surface area contributed by atoms with Crippen molar-refractivity contribution in [2.75, 3.05) is 5.32 Å². The van der Waals surface area contributed by atoms with Crippen LogP contribution < -0.4 is 5.32 Å². The quantitative estimate of drug-likeness (QED) is 0.520. The Labute approximate surface area is 154 Å². The Morgan fingerprint density at radius 2 is 1.77 bits per heavy atom. The van der Waals surface area contributed by atoms with Crippen LogP contribution >= 0.6 is 11.6 Å². The number of aromatic nitrogens is 2. The van der Waals surface area contributed by atoms with Crippen molar-refractivity contribution >= 4 is 23.2 Å². The molecule has 0 radical (unpaired) electrons. The molecule has 0 atom stereocenters. The Hall–Kier alpha value is -3.31. The highest BCUT2D eigenvalue weighted by Crippen LogP contribution is 2.35. The number of nitrogens with one attached hydrogen (secondary N) is 2. The molecule has 4 rings (SSSR count). The molecular formula is C20H14ClN3O2. The minimum absolute atomic E-state index is 0.318. The van der Waals surface area contributed by atoms with Crippen LogP contribution in [0.3, 0.4) is 0 Å². The van der Waals surface area contributed by atoms with E-state index in [2.05, 4.69) is 15.5 Å². The fourth-order valence-electron chi connectivity index (χ4n) is 2.69. The molecule has 128 valence electrons. The molecule has 2 N–H and O–H groups in total. The average Bonchev–Trinajstić information content (AvgIpc) is 3.32. The summed E-state index contributed by atoms with van der Waals surface area (Å²) in [7, 11) is 0. The maximum absolute atomic E-state index is 12.8. The Bertz CT molecular complexity index is 1040. The molecule has 0 saturated carbocycles. The maximum atomic E-state index is 12.8. The lowest BCUT2D eigenvalue weighted by molar-refractivity contribution is 0.102. The molecule has 0 unspecified atom stereocenters. The van der Waals surface area contributed by atoms with Crippen LogP contribution in [0.4, 0.5) is 5.69 Å². The average molecular weight is 364 g/mol. The number of nitrogens with zero attached hydrogens (tertiary/aromatic N) is 1. The first-order valence-corrected chi connectivity index (χ1v) is 8.35. The summed E-state index contributed by atoms with van der Waals surface area (Å²) in [5.41, 5.74) is 3.01.